The van der Waals surface area contributed by atoms with Gasteiger partial charge in [0.1, 0.15) is 0 Å². The molecule has 0 aromatic heterocycles. The molecule has 0 saturated carbocycles. The molecular formula is C20H11NO2. The molecule has 23 heavy (non-hydrogen) atoms. The van der Waals surface area contributed by atoms with Gasteiger partial charge in [-0.15, -0.1) is 0 Å². The molecule has 0 unspecified atom stereocenters. The first-order chi connectivity index (χ1) is 11.2. The van der Waals surface area contributed by atoms with Crippen molar-refractivity contribution in [1.29, 1.82) is 0 Å². The average molecular weight is 297 g/mol. The van der Waals surface area contributed by atoms with Crippen LogP contribution in [0.5, 0.6) is 0 Å². The standard InChI is InChI=1S/C20H11NO2/c21-18-14-9-3-7-12-11-6-1-4-10-5-2-8-13(15(10)11)17(16(12)14)19(22)20(18)23/h1-9H,21H2. The molecule has 0 aliphatic rings. The molecule has 0 bridgehead atoms. The Labute approximate surface area is 130 Å². The normalized spacial score (nSPS) is 12.0. The summed E-state index contributed by atoms with van der Waals surface area (Å²) in [6.45, 7) is 0. The summed E-state index contributed by atoms with van der Waals surface area (Å²) in [7, 11) is 0. The van der Waals surface area contributed by atoms with E-state index in [0.29, 0.717) is 10.8 Å². The highest BCUT2D eigenvalue weighted by Crippen LogP contribution is 2.39. The summed E-state index contributed by atoms with van der Waals surface area (Å²) in [5.74, 6) is 0. The third-order valence-corrected chi connectivity index (χ3v) is 4.75. The predicted octanol–water partition coefficient (Wildman–Crippen LogP) is 3.48. The van der Waals surface area contributed by atoms with Crippen molar-refractivity contribution in [2.24, 2.45) is 0 Å². The van der Waals surface area contributed by atoms with E-state index >= 15 is 0 Å². The molecule has 3 heteroatoms. The number of nitrogens with two attached hydrogens (primary N) is 1. The highest BCUT2D eigenvalue weighted by Gasteiger charge is 2.18. The van der Waals surface area contributed by atoms with Gasteiger partial charge in [-0.1, -0.05) is 54.6 Å². The lowest BCUT2D eigenvalue weighted by Gasteiger charge is -2.14. The molecule has 108 valence electrons. The highest BCUT2D eigenvalue weighted by atomic mass is 16.2. The van der Waals surface area contributed by atoms with Crippen molar-refractivity contribution in [3.8, 4) is 0 Å². The highest BCUT2D eigenvalue weighted by molar-refractivity contribution is 6.33. The van der Waals surface area contributed by atoms with Crippen LogP contribution in [0, 0.1) is 0 Å². The van der Waals surface area contributed by atoms with Gasteiger partial charge in [-0.25, -0.2) is 0 Å². The average Bonchev–Trinajstić information content (AvgIpc) is 2.59. The molecule has 5 aromatic rings. The van der Waals surface area contributed by atoms with E-state index in [-0.39, 0.29) is 5.69 Å². The van der Waals surface area contributed by atoms with E-state index in [0.717, 1.165) is 32.3 Å². The van der Waals surface area contributed by atoms with E-state index in [1.54, 1.807) is 0 Å². The number of rotatable bonds is 0. The van der Waals surface area contributed by atoms with Crippen molar-refractivity contribution < 1.29 is 0 Å². The van der Waals surface area contributed by atoms with Crippen LogP contribution in [0.15, 0.2) is 64.2 Å². The lowest BCUT2D eigenvalue weighted by Crippen LogP contribution is -2.27. The largest absolute Gasteiger partial charge is 0.395 e. The number of nitrogen functional groups attached to an aromatic ring is 1. The lowest BCUT2D eigenvalue weighted by atomic mass is 9.89. The maximum Gasteiger partial charge on any atom is 0.249 e. The van der Waals surface area contributed by atoms with Crippen LogP contribution in [0.4, 0.5) is 5.69 Å². The SMILES string of the molecule is Nc1c(=O)c(=O)c2c3cccc4cccc(c5cccc1c52)c43. The van der Waals surface area contributed by atoms with Gasteiger partial charge >= 0.3 is 0 Å². The van der Waals surface area contributed by atoms with Gasteiger partial charge < -0.3 is 5.73 Å². The molecule has 0 aliphatic carbocycles. The molecule has 5 rings (SSSR count). The molecule has 0 radical (unpaired) electrons. The van der Waals surface area contributed by atoms with E-state index in [2.05, 4.69) is 6.07 Å². The Morgan fingerprint density at radius 3 is 1.87 bits per heavy atom. The fraction of sp³-hybridized carbons (Fsp3) is 0. The van der Waals surface area contributed by atoms with Crippen LogP contribution in [-0.4, -0.2) is 0 Å². The Balaban J connectivity index is 2.37. The summed E-state index contributed by atoms with van der Waals surface area (Å²) in [6.07, 6.45) is 0. The Morgan fingerprint density at radius 1 is 0.565 bits per heavy atom. The van der Waals surface area contributed by atoms with Gasteiger partial charge in [0, 0.05) is 16.2 Å². The summed E-state index contributed by atoms with van der Waals surface area (Å²) in [6, 6.07) is 17.6. The lowest BCUT2D eigenvalue weighted by molar-refractivity contribution is 1.56. The molecular weight excluding hydrogens is 286 g/mol. The number of hydrogen-bond donors (Lipinski definition) is 1. The number of anilines is 1. The summed E-state index contributed by atoms with van der Waals surface area (Å²) >= 11 is 0. The Kier molecular flexibility index (Phi) is 2.13. The van der Waals surface area contributed by atoms with Gasteiger partial charge in [-0.05, 0) is 26.9 Å². The van der Waals surface area contributed by atoms with E-state index in [1.165, 1.54) is 0 Å². The van der Waals surface area contributed by atoms with Crippen LogP contribution < -0.4 is 16.6 Å². The maximum atomic E-state index is 12.7. The molecule has 0 saturated heterocycles. The summed E-state index contributed by atoms with van der Waals surface area (Å²) in [5.41, 5.74) is 4.86. The van der Waals surface area contributed by atoms with E-state index in [1.807, 2.05) is 48.5 Å². The molecule has 0 aliphatic heterocycles. The molecule has 0 amide bonds. The second-order valence-corrected chi connectivity index (χ2v) is 5.88. The van der Waals surface area contributed by atoms with Crippen LogP contribution in [0.1, 0.15) is 0 Å². The smallest absolute Gasteiger partial charge is 0.249 e. The zero-order valence-electron chi connectivity index (χ0n) is 12.1. The van der Waals surface area contributed by atoms with E-state index in [9.17, 15) is 9.59 Å². The van der Waals surface area contributed by atoms with Gasteiger partial charge in [0.15, 0.2) is 0 Å². The van der Waals surface area contributed by atoms with Crippen LogP contribution in [-0.2, 0) is 0 Å². The molecule has 3 nitrogen and oxygen atoms in total. The second-order valence-electron chi connectivity index (χ2n) is 5.88. The van der Waals surface area contributed by atoms with E-state index < -0.39 is 10.9 Å². The molecule has 0 heterocycles. The summed E-state index contributed by atoms with van der Waals surface area (Å²) < 4.78 is 0. The van der Waals surface area contributed by atoms with Crippen LogP contribution in [0.2, 0.25) is 0 Å². The van der Waals surface area contributed by atoms with Crippen LogP contribution in [0.25, 0.3) is 43.1 Å². The zero-order chi connectivity index (χ0) is 15.7. The van der Waals surface area contributed by atoms with Crippen LogP contribution in [0.3, 0.4) is 0 Å². The third kappa shape index (κ3) is 1.35. The Morgan fingerprint density at radius 2 is 1.13 bits per heavy atom. The van der Waals surface area contributed by atoms with Gasteiger partial charge in [0.05, 0.1) is 5.69 Å². The predicted molar refractivity (Wildman–Crippen MR) is 95.8 cm³/mol. The Hall–Kier alpha value is -3.20. The summed E-state index contributed by atoms with van der Waals surface area (Å²) in [5, 5.41) is 6.89. The maximum absolute atomic E-state index is 12.7. The van der Waals surface area contributed by atoms with Crippen molar-refractivity contribution in [3.63, 3.8) is 0 Å². The second kappa shape index (κ2) is 3.96. The number of hydrogen-bond acceptors (Lipinski definition) is 3. The third-order valence-electron chi connectivity index (χ3n) is 4.75. The number of benzene rings is 5. The summed E-state index contributed by atoms with van der Waals surface area (Å²) in [4.78, 5) is 25.0. The topological polar surface area (TPSA) is 60.2 Å². The Bertz CT molecular complexity index is 1350. The fourth-order valence-corrected chi connectivity index (χ4v) is 3.77. The fourth-order valence-electron chi connectivity index (χ4n) is 3.77. The van der Waals surface area contributed by atoms with Crippen molar-refractivity contribution in [2.75, 3.05) is 5.73 Å². The van der Waals surface area contributed by atoms with E-state index in [4.69, 9.17) is 5.73 Å². The number of fused-ring (bicyclic) bond motifs is 2. The van der Waals surface area contributed by atoms with Gasteiger partial charge in [-0.3, -0.25) is 9.59 Å². The molecule has 0 fully saturated rings. The van der Waals surface area contributed by atoms with Gasteiger partial charge in [-0.2, -0.15) is 0 Å². The minimum absolute atomic E-state index is 0.0437. The molecule has 2 N–H and O–H groups in total. The van der Waals surface area contributed by atoms with Crippen molar-refractivity contribution in [2.45, 2.75) is 0 Å². The first-order valence-corrected chi connectivity index (χ1v) is 7.43. The van der Waals surface area contributed by atoms with Crippen LogP contribution >= 0.6 is 0 Å². The minimum atomic E-state index is -0.610. The van der Waals surface area contributed by atoms with Gasteiger partial charge in [0.25, 0.3) is 0 Å². The van der Waals surface area contributed by atoms with Gasteiger partial charge in [0.2, 0.25) is 10.9 Å². The van der Waals surface area contributed by atoms with Crippen molar-refractivity contribution >= 4 is 48.8 Å². The molecule has 0 spiro atoms. The zero-order valence-corrected chi connectivity index (χ0v) is 12.1. The molecule has 0 atom stereocenters. The molecule has 5 aromatic carbocycles. The van der Waals surface area contributed by atoms with Crippen molar-refractivity contribution in [1.82, 2.24) is 0 Å². The quantitative estimate of drug-likeness (QED) is 0.206. The minimum Gasteiger partial charge on any atom is -0.395 e. The monoisotopic (exact) mass is 297 g/mol. The van der Waals surface area contributed by atoms with Crippen molar-refractivity contribution in [3.05, 3.63) is 75.0 Å². The first kappa shape index (κ1) is 12.4. The first-order valence-electron chi connectivity index (χ1n) is 7.43.